The van der Waals surface area contributed by atoms with Crippen molar-refractivity contribution in [3.63, 3.8) is 0 Å². The number of aromatic nitrogens is 2. The van der Waals surface area contributed by atoms with E-state index in [2.05, 4.69) is 15.3 Å². The summed E-state index contributed by atoms with van der Waals surface area (Å²) < 4.78 is 13.6. The fourth-order valence-electron chi connectivity index (χ4n) is 2.31. The van der Waals surface area contributed by atoms with Crippen LogP contribution in [0.5, 0.6) is 0 Å². The van der Waals surface area contributed by atoms with Crippen molar-refractivity contribution in [1.29, 1.82) is 0 Å². The SMILES string of the molecule is C[C@@H](NC(=O)c1ccccc1F)c1ncc(-c2ccccc2)[nH]1. The number of carbonyl (C=O) groups excluding carboxylic acids is 1. The lowest BCUT2D eigenvalue weighted by molar-refractivity contribution is 0.0934. The van der Waals surface area contributed by atoms with E-state index in [1.54, 1.807) is 25.3 Å². The Morgan fingerprint density at radius 1 is 1.13 bits per heavy atom. The average molecular weight is 309 g/mol. The summed E-state index contributed by atoms with van der Waals surface area (Å²) in [5.74, 6) is -0.386. The second kappa shape index (κ2) is 6.44. The minimum atomic E-state index is -0.540. The Bertz CT molecular complexity index is 814. The Morgan fingerprint density at radius 2 is 1.83 bits per heavy atom. The molecule has 2 N–H and O–H groups in total. The Kier molecular flexibility index (Phi) is 4.19. The predicted molar refractivity (Wildman–Crippen MR) is 86.3 cm³/mol. The zero-order valence-corrected chi connectivity index (χ0v) is 12.6. The van der Waals surface area contributed by atoms with Crippen molar-refractivity contribution in [2.24, 2.45) is 0 Å². The number of halogens is 1. The van der Waals surface area contributed by atoms with Crippen LogP contribution in [0.1, 0.15) is 29.1 Å². The summed E-state index contributed by atoms with van der Waals surface area (Å²) in [6.45, 7) is 1.80. The van der Waals surface area contributed by atoms with Crippen molar-refractivity contribution in [1.82, 2.24) is 15.3 Å². The van der Waals surface area contributed by atoms with Gasteiger partial charge in [-0.25, -0.2) is 9.37 Å². The molecule has 0 aliphatic heterocycles. The molecule has 1 aromatic heterocycles. The number of imidazole rings is 1. The van der Waals surface area contributed by atoms with Crippen LogP contribution in [0.4, 0.5) is 4.39 Å². The topological polar surface area (TPSA) is 57.8 Å². The molecule has 2 aromatic carbocycles. The molecule has 0 aliphatic carbocycles. The zero-order valence-electron chi connectivity index (χ0n) is 12.6. The van der Waals surface area contributed by atoms with Gasteiger partial charge in [-0.15, -0.1) is 0 Å². The smallest absolute Gasteiger partial charge is 0.254 e. The summed E-state index contributed by atoms with van der Waals surface area (Å²) in [4.78, 5) is 19.6. The monoisotopic (exact) mass is 309 g/mol. The molecule has 116 valence electrons. The molecule has 23 heavy (non-hydrogen) atoms. The molecule has 3 rings (SSSR count). The van der Waals surface area contributed by atoms with Gasteiger partial charge in [-0.1, -0.05) is 42.5 Å². The van der Waals surface area contributed by atoms with Gasteiger partial charge in [-0.2, -0.15) is 0 Å². The van der Waals surface area contributed by atoms with Crippen LogP contribution in [0.25, 0.3) is 11.3 Å². The van der Waals surface area contributed by atoms with E-state index in [9.17, 15) is 9.18 Å². The molecular formula is C18H16FN3O. The number of benzene rings is 2. The number of rotatable bonds is 4. The van der Waals surface area contributed by atoms with Gasteiger partial charge in [-0.05, 0) is 24.6 Å². The summed E-state index contributed by atoms with van der Waals surface area (Å²) in [7, 11) is 0. The van der Waals surface area contributed by atoms with Gasteiger partial charge in [0.2, 0.25) is 0 Å². The van der Waals surface area contributed by atoms with Gasteiger partial charge in [0.15, 0.2) is 0 Å². The minimum absolute atomic E-state index is 0.0224. The fraction of sp³-hybridized carbons (Fsp3) is 0.111. The van der Waals surface area contributed by atoms with Crippen LogP contribution < -0.4 is 5.32 Å². The summed E-state index contributed by atoms with van der Waals surface area (Å²) >= 11 is 0. The van der Waals surface area contributed by atoms with E-state index in [4.69, 9.17) is 0 Å². The molecule has 0 bridgehead atoms. The second-order valence-corrected chi connectivity index (χ2v) is 5.22. The first kappa shape index (κ1) is 15.0. The number of aromatic amines is 1. The van der Waals surface area contributed by atoms with Crippen LogP contribution in [0, 0.1) is 5.82 Å². The molecule has 0 spiro atoms. The van der Waals surface area contributed by atoms with Crippen molar-refractivity contribution in [3.05, 3.63) is 78.0 Å². The van der Waals surface area contributed by atoms with E-state index in [1.807, 2.05) is 30.3 Å². The van der Waals surface area contributed by atoms with Crippen LogP contribution in [-0.2, 0) is 0 Å². The third kappa shape index (κ3) is 3.29. The van der Waals surface area contributed by atoms with Crippen LogP contribution in [0.2, 0.25) is 0 Å². The van der Waals surface area contributed by atoms with Crippen molar-refractivity contribution in [2.75, 3.05) is 0 Å². The molecule has 0 saturated carbocycles. The highest BCUT2D eigenvalue weighted by atomic mass is 19.1. The van der Waals surface area contributed by atoms with Crippen molar-refractivity contribution >= 4 is 5.91 Å². The number of nitrogens with one attached hydrogen (secondary N) is 2. The molecule has 5 heteroatoms. The highest BCUT2D eigenvalue weighted by Crippen LogP contribution is 2.19. The second-order valence-electron chi connectivity index (χ2n) is 5.22. The number of hydrogen-bond acceptors (Lipinski definition) is 2. The summed E-state index contributed by atoms with van der Waals surface area (Å²) in [6.07, 6.45) is 1.72. The molecule has 1 heterocycles. The zero-order chi connectivity index (χ0) is 16.2. The molecule has 1 amide bonds. The molecule has 0 radical (unpaired) electrons. The van der Waals surface area contributed by atoms with Gasteiger partial charge in [0, 0.05) is 0 Å². The van der Waals surface area contributed by atoms with Gasteiger partial charge >= 0.3 is 0 Å². The highest BCUT2D eigenvalue weighted by Gasteiger charge is 2.16. The quantitative estimate of drug-likeness (QED) is 0.772. The van der Waals surface area contributed by atoms with E-state index in [0.29, 0.717) is 5.82 Å². The summed E-state index contributed by atoms with van der Waals surface area (Å²) in [5, 5.41) is 2.75. The summed E-state index contributed by atoms with van der Waals surface area (Å²) in [5.41, 5.74) is 1.90. The van der Waals surface area contributed by atoms with Crippen LogP contribution in [0.15, 0.2) is 60.8 Å². The normalized spacial score (nSPS) is 11.9. The molecule has 3 aromatic rings. The van der Waals surface area contributed by atoms with E-state index in [-0.39, 0.29) is 11.6 Å². The first-order valence-electron chi connectivity index (χ1n) is 7.31. The van der Waals surface area contributed by atoms with Gasteiger partial charge < -0.3 is 10.3 Å². The first-order valence-corrected chi connectivity index (χ1v) is 7.31. The van der Waals surface area contributed by atoms with Gasteiger partial charge in [0.1, 0.15) is 11.6 Å². The maximum absolute atomic E-state index is 13.6. The lowest BCUT2D eigenvalue weighted by Gasteiger charge is -2.12. The molecule has 0 unspecified atom stereocenters. The Morgan fingerprint density at radius 3 is 2.57 bits per heavy atom. The van der Waals surface area contributed by atoms with Crippen LogP contribution in [0.3, 0.4) is 0 Å². The number of H-pyrrole nitrogens is 1. The van der Waals surface area contributed by atoms with Crippen molar-refractivity contribution < 1.29 is 9.18 Å². The van der Waals surface area contributed by atoms with E-state index >= 15 is 0 Å². The third-order valence-electron chi connectivity index (χ3n) is 3.56. The number of nitrogens with zero attached hydrogens (tertiary/aromatic N) is 1. The number of amides is 1. The standard InChI is InChI=1S/C18H16FN3O/c1-12(21-18(23)14-9-5-6-10-15(14)19)17-20-11-16(22-17)13-7-3-2-4-8-13/h2-12H,1H3,(H,20,22)(H,21,23)/t12-/m1/s1. The highest BCUT2D eigenvalue weighted by molar-refractivity contribution is 5.94. The van der Waals surface area contributed by atoms with Crippen molar-refractivity contribution in [2.45, 2.75) is 13.0 Å². The van der Waals surface area contributed by atoms with Gasteiger partial charge in [0.05, 0.1) is 23.5 Å². The fourth-order valence-corrected chi connectivity index (χ4v) is 2.31. The van der Waals surface area contributed by atoms with Crippen molar-refractivity contribution in [3.8, 4) is 11.3 Å². The molecule has 0 saturated heterocycles. The molecule has 0 fully saturated rings. The number of carbonyl (C=O) groups is 1. The van der Waals surface area contributed by atoms with E-state index < -0.39 is 11.7 Å². The molecule has 0 aliphatic rings. The summed E-state index contributed by atoms with van der Waals surface area (Å²) in [6, 6.07) is 15.3. The lowest BCUT2D eigenvalue weighted by atomic mass is 10.2. The predicted octanol–water partition coefficient (Wildman–Crippen LogP) is 3.71. The molecule has 4 nitrogen and oxygen atoms in total. The Hall–Kier alpha value is -2.95. The maximum atomic E-state index is 13.6. The van der Waals surface area contributed by atoms with Crippen LogP contribution >= 0.6 is 0 Å². The van der Waals surface area contributed by atoms with Crippen LogP contribution in [-0.4, -0.2) is 15.9 Å². The first-order chi connectivity index (χ1) is 11.1. The third-order valence-corrected chi connectivity index (χ3v) is 3.56. The maximum Gasteiger partial charge on any atom is 0.254 e. The number of hydrogen-bond donors (Lipinski definition) is 2. The Labute approximate surface area is 133 Å². The minimum Gasteiger partial charge on any atom is -0.342 e. The largest absolute Gasteiger partial charge is 0.342 e. The van der Waals surface area contributed by atoms with E-state index in [0.717, 1.165) is 11.3 Å². The lowest BCUT2D eigenvalue weighted by Crippen LogP contribution is -2.28. The molecule has 1 atom stereocenters. The van der Waals surface area contributed by atoms with E-state index in [1.165, 1.54) is 12.1 Å². The molecular weight excluding hydrogens is 293 g/mol. The van der Waals surface area contributed by atoms with Gasteiger partial charge in [0.25, 0.3) is 5.91 Å². The Balaban J connectivity index is 1.74. The van der Waals surface area contributed by atoms with Gasteiger partial charge in [-0.3, -0.25) is 4.79 Å². The average Bonchev–Trinajstić information content (AvgIpc) is 3.06.